The van der Waals surface area contributed by atoms with Crippen LogP contribution in [0.25, 0.3) is 100 Å². The summed E-state index contributed by atoms with van der Waals surface area (Å²) in [4.78, 5) is 10.6. The predicted molar refractivity (Wildman–Crippen MR) is 227 cm³/mol. The van der Waals surface area contributed by atoms with E-state index < -0.39 is 0 Å². The van der Waals surface area contributed by atoms with Gasteiger partial charge in [0.2, 0.25) is 0 Å². The molecule has 3 heteroatoms. The van der Waals surface area contributed by atoms with Gasteiger partial charge in [0, 0.05) is 27.5 Å². The lowest BCUT2D eigenvalue weighted by molar-refractivity contribution is 0.669. The molecule has 0 aliphatic heterocycles. The van der Waals surface area contributed by atoms with E-state index in [-0.39, 0.29) is 0 Å². The second kappa shape index (κ2) is 13.9. The van der Waals surface area contributed by atoms with Crippen molar-refractivity contribution in [3.8, 4) is 78.4 Å². The highest BCUT2D eigenvalue weighted by Gasteiger charge is 2.21. The first-order valence-electron chi connectivity index (χ1n) is 18.6. The summed E-state index contributed by atoms with van der Waals surface area (Å²) in [5, 5.41) is 2.19. The van der Waals surface area contributed by atoms with Crippen LogP contribution in [0.3, 0.4) is 0 Å². The van der Waals surface area contributed by atoms with Crippen molar-refractivity contribution < 1.29 is 4.42 Å². The number of fused-ring (bicyclic) bond motifs is 3. The molecule has 10 rings (SSSR count). The Morgan fingerprint density at radius 3 is 1.47 bits per heavy atom. The topological polar surface area (TPSA) is 38.9 Å². The number of furan rings is 1. The minimum atomic E-state index is 0.678. The third-order valence-electron chi connectivity index (χ3n) is 10.3. The SMILES string of the molecule is c1ccc(-c2ccc(-c3cc(-c4cc(-c5ccccc5)cc(-c5ccc6oc7ccccc7c6c5)c4-c4ccccc4)nc(-c4ccccc4)n3)cc2)cc1. The molecular formula is C52H34N2O. The summed E-state index contributed by atoms with van der Waals surface area (Å²) in [6.07, 6.45) is 0. The van der Waals surface area contributed by atoms with Crippen LogP contribution in [0.1, 0.15) is 0 Å². The van der Waals surface area contributed by atoms with Gasteiger partial charge in [-0.2, -0.15) is 0 Å². The fraction of sp³-hybridized carbons (Fsp3) is 0. The Labute approximate surface area is 319 Å². The van der Waals surface area contributed by atoms with Crippen LogP contribution in [-0.4, -0.2) is 9.97 Å². The molecule has 0 saturated carbocycles. The summed E-state index contributed by atoms with van der Waals surface area (Å²) in [6, 6.07) is 72.3. The van der Waals surface area contributed by atoms with Crippen molar-refractivity contribution in [2.75, 3.05) is 0 Å². The third kappa shape index (κ3) is 6.18. The van der Waals surface area contributed by atoms with Gasteiger partial charge in [-0.3, -0.25) is 0 Å². The van der Waals surface area contributed by atoms with Crippen molar-refractivity contribution in [3.63, 3.8) is 0 Å². The number of hydrogen-bond donors (Lipinski definition) is 0. The maximum atomic E-state index is 6.27. The first kappa shape index (κ1) is 32.3. The lowest BCUT2D eigenvalue weighted by Gasteiger charge is -2.19. The van der Waals surface area contributed by atoms with Crippen LogP contribution >= 0.6 is 0 Å². The number of rotatable bonds is 7. The Kier molecular flexibility index (Phi) is 8.16. The third-order valence-corrected chi connectivity index (χ3v) is 10.3. The van der Waals surface area contributed by atoms with E-state index in [1.54, 1.807) is 0 Å². The van der Waals surface area contributed by atoms with Gasteiger partial charge in [0.25, 0.3) is 0 Å². The van der Waals surface area contributed by atoms with Gasteiger partial charge in [0.05, 0.1) is 11.4 Å². The highest BCUT2D eigenvalue weighted by atomic mass is 16.3. The minimum Gasteiger partial charge on any atom is -0.456 e. The van der Waals surface area contributed by atoms with Gasteiger partial charge >= 0.3 is 0 Å². The molecule has 2 heterocycles. The molecule has 0 aliphatic rings. The van der Waals surface area contributed by atoms with E-state index in [0.29, 0.717) is 5.82 Å². The zero-order chi connectivity index (χ0) is 36.6. The second-order valence-electron chi connectivity index (χ2n) is 13.8. The highest BCUT2D eigenvalue weighted by Crippen LogP contribution is 2.45. The van der Waals surface area contributed by atoms with E-state index in [4.69, 9.17) is 14.4 Å². The molecule has 0 aliphatic carbocycles. The first-order valence-corrected chi connectivity index (χ1v) is 18.6. The highest BCUT2D eigenvalue weighted by molar-refractivity contribution is 6.07. The molecule has 258 valence electrons. The van der Waals surface area contributed by atoms with Crippen molar-refractivity contribution in [1.29, 1.82) is 0 Å². The summed E-state index contributed by atoms with van der Waals surface area (Å²) < 4.78 is 6.27. The number of aromatic nitrogens is 2. The summed E-state index contributed by atoms with van der Waals surface area (Å²) in [5.74, 6) is 0.678. The number of para-hydroxylation sites is 1. The Morgan fingerprint density at radius 1 is 0.291 bits per heavy atom. The molecule has 0 amide bonds. The van der Waals surface area contributed by atoms with E-state index in [2.05, 4.69) is 170 Å². The first-order chi connectivity index (χ1) is 27.2. The maximum absolute atomic E-state index is 6.27. The summed E-state index contributed by atoms with van der Waals surface area (Å²) in [7, 11) is 0. The van der Waals surface area contributed by atoms with Crippen LogP contribution in [0.2, 0.25) is 0 Å². The molecule has 0 N–H and O–H groups in total. The lowest BCUT2D eigenvalue weighted by atomic mass is 9.85. The zero-order valence-corrected chi connectivity index (χ0v) is 29.9. The Morgan fingerprint density at radius 2 is 0.782 bits per heavy atom. The monoisotopic (exact) mass is 702 g/mol. The molecule has 0 unspecified atom stereocenters. The Bertz CT molecular complexity index is 2940. The zero-order valence-electron chi connectivity index (χ0n) is 29.9. The van der Waals surface area contributed by atoms with Crippen molar-refractivity contribution >= 4 is 21.9 Å². The Hall–Kier alpha value is -7.36. The van der Waals surface area contributed by atoms with Gasteiger partial charge in [-0.05, 0) is 80.9 Å². The molecule has 0 saturated heterocycles. The molecule has 0 bridgehead atoms. The molecule has 2 aromatic heterocycles. The number of benzene rings is 8. The molecule has 0 atom stereocenters. The fourth-order valence-electron chi connectivity index (χ4n) is 7.59. The van der Waals surface area contributed by atoms with Crippen LogP contribution in [0.5, 0.6) is 0 Å². The van der Waals surface area contributed by atoms with Crippen LogP contribution in [0.4, 0.5) is 0 Å². The standard InChI is InChI=1S/C52H34N2O/c1-5-15-35(16-6-1)37-25-27-38(28-26-37)47-34-48(54-52(53-47)40-21-11-4-12-22-40)46-33-42(36-17-7-2-8-18-36)32-44(51(46)39-19-9-3-10-20-39)41-29-30-50-45(31-41)43-23-13-14-24-49(43)55-50/h1-34H. The van der Waals surface area contributed by atoms with Crippen LogP contribution in [-0.2, 0) is 0 Å². The minimum absolute atomic E-state index is 0.678. The van der Waals surface area contributed by atoms with Crippen molar-refractivity contribution in [3.05, 3.63) is 206 Å². The van der Waals surface area contributed by atoms with E-state index >= 15 is 0 Å². The van der Waals surface area contributed by atoms with Gasteiger partial charge in [0.1, 0.15) is 11.2 Å². The van der Waals surface area contributed by atoms with Crippen LogP contribution < -0.4 is 0 Å². The van der Waals surface area contributed by atoms with E-state index in [1.165, 1.54) is 5.56 Å². The maximum Gasteiger partial charge on any atom is 0.160 e. The normalized spacial score (nSPS) is 11.3. The average Bonchev–Trinajstić information content (AvgIpc) is 3.65. The predicted octanol–water partition coefficient (Wildman–Crippen LogP) is 14.0. The molecule has 0 spiro atoms. The molecule has 0 fully saturated rings. The molecule has 55 heavy (non-hydrogen) atoms. The molecule has 10 aromatic rings. The molecule has 8 aromatic carbocycles. The van der Waals surface area contributed by atoms with Crippen molar-refractivity contribution in [1.82, 2.24) is 9.97 Å². The molecular weight excluding hydrogens is 669 g/mol. The van der Waals surface area contributed by atoms with E-state index in [9.17, 15) is 0 Å². The lowest BCUT2D eigenvalue weighted by Crippen LogP contribution is -1.99. The molecule has 3 nitrogen and oxygen atoms in total. The second-order valence-corrected chi connectivity index (χ2v) is 13.8. The molecule has 0 radical (unpaired) electrons. The van der Waals surface area contributed by atoms with Gasteiger partial charge in [-0.25, -0.2) is 9.97 Å². The summed E-state index contributed by atoms with van der Waals surface area (Å²) in [5.41, 5.74) is 15.5. The average molecular weight is 703 g/mol. The van der Waals surface area contributed by atoms with Gasteiger partial charge in [0.15, 0.2) is 5.82 Å². The van der Waals surface area contributed by atoms with Crippen LogP contribution in [0, 0.1) is 0 Å². The van der Waals surface area contributed by atoms with E-state index in [0.717, 1.165) is 89.0 Å². The Balaban J connectivity index is 1.25. The quantitative estimate of drug-likeness (QED) is 0.166. The number of nitrogens with zero attached hydrogens (tertiary/aromatic N) is 2. The smallest absolute Gasteiger partial charge is 0.160 e. The van der Waals surface area contributed by atoms with Crippen LogP contribution in [0.15, 0.2) is 211 Å². The van der Waals surface area contributed by atoms with E-state index in [1.807, 2.05) is 36.4 Å². The van der Waals surface area contributed by atoms with Gasteiger partial charge in [-0.1, -0.05) is 170 Å². The van der Waals surface area contributed by atoms with Gasteiger partial charge < -0.3 is 4.42 Å². The largest absolute Gasteiger partial charge is 0.456 e. The van der Waals surface area contributed by atoms with Crippen molar-refractivity contribution in [2.45, 2.75) is 0 Å². The van der Waals surface area contributed by atoms with Gasteiger partial charge in [-0.15, -0.1) is 0 Å². The summed E-state index contributed by atoms with van der Waals surface area (Å²) >= 11 is 0. The van der Waals surface area contributed by atoms with Crippen molar-refractivity contribution in [2.24, 2.45) is 0 Å². The fourth-order valence-corrected chi connectivity index (χ4v) is 7.59. The summed E-state index contributed by atoms with van der Waals surface area (Å²) in [6.45, 7) is 0. The number of hydrogen-bond acceptors (Lipinski definition) is 3.